The van der Waals surface area contributed by atoms with Crippen LogP contribution < -0.4 is 11.1 Å². The monoisotopic (exact) mass is 332 g/mol. The normalized spacial score (nSPS) is 11.9. The molecular formula is C21H20N2O2. The van der Waals surface area contributed by atoms with Crippen molar-refractivity contribution in [2.75, 3.05) is 0 Å². The van der Waals surface area contributed by atoms with E-state index in [-0.39, 0.29) is 5.91 Å². The smallest absolute Gasteiger partial charge is 0.251 e. The number of fused-ring (bicyclic) bond motifs is 1. The molecule has 1 unspecified atom stereocenters. The Bertz CT molecular complexity index is 888. The maximum Gasteiger partial charge on any atom is 0.251 e. The van der Waals surface area contributed by atoms with Crippen LogP contribution in [0.25, 0.3) is 10.8 Å². The lowest BCUT2D eigenvalue weighted by molar-refractivity contribution is -0.109. The lowest BCUT2D eigenvalue weighted by Crippen LogP contribution is -2.37. The van der Waals surface area contributed by atoms with Gasteiger partial charge in [-0.25, -0.2) is 0 Å². The third-order valence-corrected chi connectivity index (χ3v) is 4.20. The molecule has 0 saturated heterocycles. The molecule has 4 nitrogen and oxygen atoms in total. The minimum absolute atomic E-state index is 0.263. The van der Waals surface area contributed by atoms with Crippen molar-refractivity contribution in [3.63, 3.8) is 0 Å². The second-order valence-corrected chi connectivity index (χ2v) is 6.00. The first-order chi connectivity index (χ1) is 12.2. The van der Waals surface area contributed by atoms with Gasteiger partial charge in [0.1, 0.15) is 6.29 Å². The predicted molar refractivity (Wildman–Crippen MR) is 99.3 cm³/mol. The Labute approximate surface area is 146 Å². The average molecular weight is 332 g/mol. The highest BCUT2D eigenvalue weighted by Crippen LogP contribution is 2.16. The molecule has 0 spiro atoms. The third-order valence-electron chi connectivity index (χ3n) is 4.20. The molecule has 3 aromatic rings. The standard InChI is InChI=1S/C21H20N2O2/c22-13-15-5-9-18(10-6-15)21(25)23-20(14-24)12-16-7-8-17-3-1-2-4-19(17)11-16/h1-11,14,20H,12-13,22H2,(H,23,25). The van der Waals surface area contributed by atoms with Gasteiger partial charge in [-0.05, 0) is 40.5 Å². The number of carbonyl (C=O) groups excluding carboxylic acids is 2. The molecule has 0 heterocycles. The van der Waals surface area contributed by atoms with Gasteiger partial charge in [-0.3, -0.25) is 4.79 Å². The van der Waals surface area contributed by atoms with Gasteiger partial charge in [-0.2, -0.15) is 0 Å². The van der Waals surface area contributed by atoms with Crippen molar-refractivity contribution in [1.82, 2.24) is 5.32 Å². The van der Waals surface area contributed by atoms with Crippen molar-refractivity contribution >= 4 is 23.0 Å². The van der Waals surface area contributed by atoms with Crippen LogP contribution in [0, 0.1) is 0 Å². The number of nitrogens with one attached hydrogen (secondary N) is 1. The summed E-state index contributed by atoms with van der Waals surface area (Å²) in [7, 11) is 0. The minimum atomic E-state index is -0.567. The first-order valence-corrected chi connectivity index (χ1v) is 8.22. The maximum absolute atomic E-state index is 12.3. The van der Waals surface area contributed by atoms with Crippen LogP contribution in [0.1, 0.15) is 21.5 Å². The van der Waals surface area contributed by atoms with Gasteiger partial charge in [0, 0.05) is 12.1 Å². The fraction of sp³-hybridized carbons (Fsp3) is 0.143. The number of aldehydes is 1. The van der Waals surface area contributed by atoms with Crippen molar-refractivity contribution < 1.29 is 9.59 Å². The summed E-state index contributed by atoms with van der Waals surface area (Å²) in [5, 5.41) is 5.05. The van der Waals surface area contributed by atoms with Gasteiger partial charge < -0.3 is 15.8 Å². The highest BCUT2D eigenvalue weighted by atomic mass is 16.2. The van der Waals surface area contributed by atoms with E-state index in [4.69, 9.17) is 5.73 Å². The van der Waals surface area contributed by atoms with Crippen molar-refractivity contribution in [1.29, 1.82) is 0 Å². The summed E-state index contributed by atoms with van der Waals surface area (Å²) in [6.45, 7) is 0.431. The van der Waals surface area contributed by atoms with Gasteiger partial charge in [0.15, 0.2) is 0 Å². The Morgan fingerprint density at radius 2 is 1.64 bits per heavy atom. The van der Waals surface area contributed by atoms with Gasteiger partial charge in [0.25, 0.3) is 5.91 Å². The summed E-state index contributed by atoms with van der Waals surface area (Å²) < 4.78 is 0. The SMILES string of the molecule is NCc1ccc(C(=O)NC(C=O)Cc2ccc3ccccc3c2)cc1. The van der Waals surface area contributed by atoms with Crippen LogP contribution in [0.5, 0.6) is 0 Å². The number of benzene rings is 3. The molecule has 0 aromatic heterocycles. The van der Waals surface area contributed by atoms with Gasteiger partial charge in [-0.1, -0.05) is 54.6 Å². The largest absolute Gasteiger partial charge is 0.342 e. The number of amides is 1. The molecule has 126 valence electrons. The summed E-state index contributed by atoms with van der Waals surface area (Å²) in [6.07, 6.45) is 1.24. The Morgan fingerprint density at radius 3 is 2.32 bits per heavy atom. The zero-order valence-electron chi connectivity index (χ0n) is 13.8. The second-order valence-electron chi connectivity index (χ2n) is 6.00. The van der Waals surface area contributed by atoms with Crippen LogP contribution in [0.3, 0.4) is 0 Å². The fourth-order valence-corrected chi connectivity index (χ4v) is 2.80. The van der Waals surface area contributed by atoms with E-state index in [0.29, 0.717) is 18.5 Å². The van der Waals surface area contributed by atoms with Crippen LogP contribution in [-0.4, -0.2) is 18.2 Å². The third kappa shape index (κ3) is 4.11. The summed E-state index contributed by atoms with van der Waals surface area (Å²) in [5.41, 5.74) is 8.04. The zero-order valence-corrected chi connectivity index (χ0v) is 13.8. The number of hydrogen-bond acceptors (Lipinski definition) is 3. The molecule has 1 amide bonds. The Balaban J connectivity index is 1.70. The number of hydrogen-bond donors (Lipinski definition) is 2. The maximum atomic E-state index is 12.3. The summed E-state index contributed by atoms with van der Waals surface area (Å²) >= 11 is 0. The first-order valence-electron chi connectivity index (χ1n) is 8.22. The Hall–Kier alpha value is -2.98. The van der Waals surface area contributed by atoms with Gasteiger partial charge in [0.2, 0.25) is 0 Å². The van der Waals surface area contributed by atoms with E-state index in [9.17, 15) is 9.59 Å². The Kier molecular flexibility index (Phi) is 5.21. The van der Waals surface area contributed by atoms with E-state index in [2.05, 4.69) is 5.32 Å². The lowest BCUT2D eigenvalue weighted by Gasteiger charge is -2.13. The summed E-state index contributed by atoms with van der Waals surface area (Å²) in [6, 6.07) is 20.6. The van der Waals surface area contributed by atoms with Crippen LogP contribution in [0.15, 0.2) is 66.7 Å². The van der Waals surface area contributed by atoms with Gasteiger partial charge in [-0.15, -0.1) is 0 Å². The molecule has 0 bridgehead atoms. The quantitative estimate of drug-likeness (QED) is 0.682. The van der Waals surface area contributed by atoms with E-state index in [1.807, 2.05) is 54.6 Å². The van der Waals surface area contributed by atoms with E-state index < -0.39 is 6.04 Å². The molecule has 1 atom stereocenters. The lowest BCUT2D eigenvalue weighted by atomic mass is 10.0. The van der Waals surface area contributed by atoms with Crippen molar-refractivity contribution in [2.24, 2.45) is 5.73 Å². The van der Waals surface area contributed by atoms with E-state index in [0.717, 1.165) is 28.2 Å². The van der Waals surface area contributed by atoms with E-state index in [1.165, 1.54) is 0 Å². The predicted octanol–water partition coefficient (Wildman–Crippen LogP) is 2.84. The van der Waals surface area contributed by atoms with E-state index in [1.54, 1.807) is 12.1 Å². The highest BCUT2D eigenvalue weighted by Gasteiger charge is 2.14. The molecule has 3 rings (SSSR count). The second kappa shape index (κ2) is 7.73. The van der Waals surface area contributed by atoms with Gasteiger partial charge in [0.05, 0.1) is 6.04 Å². The first kappa shape index (κ1) is 16.9. The molecule has 0 saturated carbocycles. The number of nitrogens with two attached hydrogens (primary N) is 1. The Morgan fingerprint density at radius 1 is 0.960 bits per heavy atom. The zero-order chi connectivity index (χ0) is 17.6. The molecule has 0 aliphatic heterocycles. The van der Waals surface area contributed by atoms with Crippen LogP contribution >= 0.6 is 0 Å². The average Bonchev–Trinajstić information content (AvgIpc) is 2.67. The number of rotatable bonds is 6. The molecule has 0 radical (unpaired) electrons. The molecule has 3 aromatic carbocycles. The van der Waals surface area contributed by atoms with Crippen LogP contribution in [0.4, 0.5) is 0 Å². The molecule has 25 heavy (non-hydrogen) atoms. The van der Waals surface area contributed by atoms with Crippen LogP contribution in [-0.2, 0) is 17.8 Å². The fourth-order valence-electron chi connectivity index (χ4n) is 2.80. The summed E-state index contributed by atoms with van der Waals surface area (Å²) in [5.74, 6) is -0.263. The van der Waals surface area contributed by atoms with E-state index >= 15 is 0 Å². The molecule has 0 fully saturated rings. The highest BCUT2D eigenvalue weighted by molar-refractivity contribution is 5.95. The summed E-state index contributed by atoms with van der Waals surface area (Å²) in [4.78, 5) is 23.7. The minimum Gasteiger partial charge on any atom is -0.342 e. The molecule has 0 aliphatic rings. The molecule has 4 heteroatoms. The molecular weight excluding hydrogens is 312 g/mol. The molecule has 0 aliphatic carbocycles. The van der Waals surface area contributed by atoms with Crippen molar-refractivity contribution in [3.05, 3.63) is 83.4 Å². The van der Waals surface area contributed by atoms with Gasteiger partial charge >= 0.3 is 0 Å². The molecule has 3 N–H and O–H groups in total. The topological polar surface area (TPSA) is 72.2 Å². The number of carbonyl (C=O) groups is 2. The van der Waals surface area contributed by atoms with Crippen molar-refractivity contribution in [3.8, 4) is 0 Å². The van der Waals surface area contributed by atoms with Crippen LogP contribution in [0.2, 0.25) is 0 Å². The van der Waals surface area contributed by atoms with Crippen molar-refractivity contribution in [2.45, 2.75) is 19.0 Å².